The predicted octanol–water partition coefficient (Wildman–Crippen LogP) is 1.67. The molecular weight excluding hydrogens is 263 g/mol. The Bertz CT molecular complexity index is 354. The number of aromatic nitrogens is 1. The minimum atomic E-state index is -0.763. The molecule has 1 atom stereocenters. The van der Waals surface area contributed by atoms with Crippen molar-refractivity contribution in [3.63, 3.8) is 0 Å². The summed E-state index contributed by atoms with van der Waals surface area (Å²) < 4.78 is 0. The van der Waals surface area contributed by atoms with Crippen LogP contribution in [0.4, 0.5) is 0 Å². The fourth-order valence-electron chi connectivity index (χ4n) is 2.06. The van der Waals surface area contributed by atoms with Gasteiger partial charge in [0.2, 0.25) is 0 Å². The first-order valence-corrected chi connectivity index (χ1v) is 5.10. The van der Waals surface area contributed by atoms with Gasteiger partial charge in [0.15, 0.2) is 0 Å². The molecule has 0 spiro atoms. The molecular formula is C11H16Cl2N2O2. The first-order valence-electron chi connectivity index (χ1n) is 5.10. The van der Waals surface area contributed by atoms with Crippen LogP contribution in [0, 0.1) is 0 Å². The fourth-order valence-corrected chi connectivity index (χ4v) is 2.06. The van der Waals surface area contributed by atoms with Crippen LogP contribution in [-0.2, 0) is 11.2 Å². The molecule has 2 heterocycles. The number of nitrogens with one attached hydrogen (secondary N) is 1. The van der Waals surface area contributed by atoms with Gasteiger partial charge in [-0.2, -0.15) is 0 Å². The van der Waals surface area contributed by atoms with E-state index in [0.717, 1.165) is 18.5 Å². The quantitative estimate of drug-likeness (QED) is 0.883. The molecule has 1 aliphatic rings. The molecule has 1 aromatic rings. The molecule has 0 radical (unpaired) electrons. The zero-order valence-electron chi connectivity index (χ0n) is 9.26. The Morgan fingerprint density at radius 3 is 2.53 bits per heavy atom. The van der Waals surface area contributed by atoms with Gasteiger partial charge >= 0.3 is 5.97 Å². The molecule has 2 rings (SSSR count). The molecule has 0 bridgehead atoms. The van der Waals surface area contributed by atoms with Gasteiger partial charge in [-0.25, -0.2) is 0 Å². The van der Waals surface area contributed by atoms with E-state index in [9.17, 15) is 9.90 Å². The van der Waals surface area contributed by atoms with Crippen molar-refractivity contribution in [1.82, 2.24) is 10.3 Å². The van der Waals surface area contributed by atoms with Crippen LogP contribution in [0.3, 0.4) is 0 Å². The third kappa shape index (κ3) is 3.56. The van der Waals surface area contributed by atoms with Gasteiger partial charge in [-0.3, -0.25) is 9.78 Å². The van der Waals surface area contributed by atoms with Crippen LogP contribution in [-0.4, -0.2) is 28.1 Å². The number of hydrogen-bond donors (Lipinski definition) is 2. The zero-order chi connectivity index (χ0) is 10.7. The summed E-state index contributed by atoms with van der Waals surface area (Å²) in [6, 6.07) is 3.73. The standard InChI is InChI=1S/C11H14N2O2.2ClH/c14-10(15)11(4-1-5-13-11)8-9-2-6-12-7-3-9;;/h2-3,6-7,13H,1,4-5,8H2,(H,14,15);2*1H/t11-;;/m0../s1. The van der Waals surface area contributed by atoms with Crippen molar-refractivity contribution in [2.45, 2.75) is 24.8 Å². The Morgan fingerprint density at radius 1 is 1.41 bits per heavy atom. The first kappa shape index (κ1) is 16.2. The molecule has 0 saturated carbocycles. The summed E-state index contributed by atoms with van der Waals surface area (Å²) in [7, 11) is 0. The van der Waals surface area contributed by atoms with Crippen molar-refractivity contribution in [3.8, 4) is 0 Å². The maximum Gasteiger partial charge on any atom is 0.324 e. The largest absolute Gasteiger partial charge is 0.480 e. The third-order valence-corrected chi connectivity index (χ3v) is 2.91. The summed E-state index contributed by atoms with van der Waals surface area (Å²) in [5.74, 6) is -0.753. The Labute approximate surface area is 113 Å². The monoisotopic (exact) mass is 278 g/mol. The van der Waals surface area contributed by atoms with Gasteiger partial charge in [0.25, 0.3) is 0 Å². The molecule has 0 amide bonds. The van der Waals surface area contributed by atoms with Crippen LogP contribution in [0.5, 0.6) is 0 Å². The van der Waals surface area contributed by atoms with Crippen molar-refractivity contribution in [1.29, 1.82) is 0 Å². The van der Waals surface area contributed by atoms with Gasteiger partial charge in [0.1, 0.15) is 5.54 Å². The van der Waals surface area contributed by atoms with E-state index in [2.05, 4.69) is 10.3 Å². The van der Waals surface area contributed by atoms with Crippen molar-refractivity contribution >= 4 is 30.8 Å². The molecule has 1 saturated heterocycles. The average Bonchev–Trinajstić information content (AvgIpc) is 2.69. The van der Waals surface area contributed by atoms with E-state index in [1.165, 1.54) is 0 Å². The number of carboxylic acid groups (broad SMARTS) is 1. The lowest BCUT2D eigenvalue weighted by Crippen LogP contribution is -2.49. The number of rotatable bonds is 3. The van der Waals surface area contributed by atoms with Crippen LogP contribution in [0.15, 0.2) is 24.5 Å². The van der Waals surface area contributed by atoms with E-state index in [0.29, 0.717) is 12.8 Å². The normalized spacial score (nSPS) is 22.4. The second kappa shape index (κ2) is 6.79. The molecule has 0 aromatic carbocycles. The van der Waals surface area contributed by atoms with Gasteiger partial charge < -0.3 is 10.4 Å². The van der Waals surface area contributed by atoms with Crippen LogP contribution in [0.25, 0.3) is 0 Å². The highest BCUT2D eigenvalue weighted by Crippen LogP contribution is 2.24. The second-order valence-corrected chi connectivity index (χ2v) is 3.95. The van der Waals surface area contributed by atoms with Crippen LogP contribution in [0.2, 0.25) is 0 Å². The lowest BCUT2D eigenvalue weighted by molar-refractivity contribution is -0.144. The highest BCUT2D eigenvalue weighted by atomic mass is 35.5. The summed E-state index contributed by atoms with van der Waals surface area (Å²) in [4.78, 5) is 15.2. The Morgan fingerprint density at radius 2 is 2.06 bits per heavy atom. The lowest BCUT2D eigenvalue weighted by Gasteiger charge is -2.24. The van der Waals surface area contributed by atoms with Crippen LogP contribution >= 0.6 is 24.8 Å². The van der Waals surface area contributed by atoms with Crippen molar-refractivity contribution in [2.75, 3.05) is 6.54 Å². The smallest absolute Gasteiger partial charge is 0.324 e. The topological polar surface area (TPSA) is 62.2 Å². The Kier molecular flexibility index (Phi) is 6.45. The first-order chi connectivity index (χ1) is 7.23. The number of pyridine rings is 1. The van der Waals surface area contributed by atoms with E-state index < -0.39 is 11.5 Å². The van der Waals surface area contributed by atoms with Gasteiger partial charge in [-0.15, -0.1) is 24.8 Å². The van der Waals surface area contributed by atoms with E-state index in [1.807, 2.05) is 12.1 Å². The Balaban J connectivity index is 0.00000128. The van der Waals surface area contributed by atoms with E-state index >= 15 is 0 Å². The molecule has 1 fully saturated rings. The number of carboxylic acids is 1. The summed E-state index contributed by atoms with van der Waals surface area (Å²) in [5.41, 5.74) is 0.253. The highest BCUT2D eigenvalue weighted by molar-refractivity contribution is 5.85. The molecule has 4 nitrogen and oxygen atoms in total. The highest BCUT2D eigenvalue weighted by Gasteiger charge is 2.40. The molecule has 96 valence electrons. The van der Waals surface area contributed by atoms with Crippen LogP contribution < -0.4 is 5.32 Å². The lowest BCUT2D eigenvalue weighted by atomic mass is 9.90. The van der Waals surface area contributed by atoms with Gasteiger partial charge in [-0.1, -0.05) is 0 Å². The predicted molar refractivity (Wildman–Crippen MR) is 70.0 cm³/mol. The van der Waals surface area contributed by atoms with Crippen molar-refractivity contribution < 1.29 is 9.90 Å². The van der Waals surface area contributed by atoms with Gasteiger partial charge in [-0.05, 0) is 37.1 Å². The van der Waals surface area contributed by atoms with Crippen molar-refractivity contribution in [2.24, 2.45) is 0 Å². The minimum absolute atomic E-state index is 0. The third-order valence-electron chi connectivity index (χ3n) is 2.91. The molecule has 2 N–H and O–H groups in total. The number of carbonyl (C=O) groups is 1. The van der Waals surface area contributed by atoms with Gasteiger partial charge in [0.05, 0.1) is 0 Å². The van der Waals surface area contributed by atoms with Gasteiger partial charge in [0, 0.05) is 18.8 Å². The summed E-state index contributed by atoms with van der Waals surface area (Å²) in [6.07, 6.45) is 5.55. The van der Waals surface area contributed by atoms with E-state index in [1.54, 1.807) is 12.4 Å². The number of nitrogens with zero attached hydrogens (tertiary/aromatic N) is 1. The molecule has 1 aliphatic heterocycles. The number of halogens is 2. The molecule has 0 unspecified atom stereocenters. The van der Waals surface area contributed by atoms with Crippen LogP contribution in [0.1, 0.15) is 18.4 Å². The summed E-state index contributed by atoms with van der Waals surface area (Å²) in [5, 5.41) is 12.3. The SMILES string of the molecule is Cl.Cl.O=C(O)[C@@]1(Cc2ccncc2)CCCN1. The molecule has 6 heteroatoms. The molecule has 0 aliphatic carbocycles. The zero-order valence-corrected chi connectivity index (χ0v) is 10.9. The summed E-state index contributed by atoms with van der Waals surface area (Å²) in [6.45, 7) is 0.789. The number of aliphatic carboxylic acids is 1. The average molecular weight is 279 g/mol. The van der Waals surface area contributed by atoms with E-state index in [-0.39, 0.29) is 24.8 Å². The fraction of sp³-hybridized carbons (Fsp3) is 0.455. The second-order valence-electron chi connectivity index (χ2n) is 3.95. The maximum atomic E-state index is 11.2. The Hall–Kier alpha value is -0.840. The molecule has 1 aromatic heterocycles. The maximum absolute atomic E-state index is 11.2. The molecule has 17 heavy (non-hydrogen) atoms. The minimum Gasteiger partial charge on any atom is -0.480 e. The number of hydrogen-bond acceptors (Lipinski definition) is 3. The van der Waals surface area contributed by atoms with E-state index in [4.69, 9.17) is 0 Å². The summed E-state index contributed by atoms with van der Waals surface area (Å²) >= 11 is 0. The van der Waals surface area contributed by atoms with Crippen molar-refractivity contribution in [3.05, 3.63) is 30.1 Å².